The summed E-state index contributed by atoms with van der Waals surface area (Å²) >= 11 is 0. The van der Waals surface area contributed by atoms with Gasteiger partial charge in [0.05, 0.1) is 11.9 Å². The van der Waals surface area contributed by atoms with Gasteiger partial charge in [-0.3, -0.25) is 4.79 Å². The Morgan fingerprint density at radius 1 is 1.14 bits per heavy atom. The Bertz CT molecular complexity index is 586. The highest BCUT2D eigenvalue weighted by atomic mass is 16.5. The van der Waals surface area contributed by atoms with Gasteiger partial charge in [0.25, 0.3) is 0 Å². The number of Topliss-reactive ketones (excluding diaryl/α,β-unsaturated/α-hetero) is 1. The predicted molar refractivity (Wildman–Crippen MR) is 82.8 cm³/mol. The summed E-state index contributed by atoms with van der Waals surface area (Å²) in [6.07, 6.45) is 2.95. The fourth-order valence-electron chi connectivity index (χ4n) is 2.60. The summed E-state index contributed by atoms with van der Waals surface area (Å²) in [4.78, 5) is 13.0. The summed E-state index contributed by atoms with van der Waals surface area (Å²) in [5, 5.41) is 4.29. The Hall–Kier alpha value is -1.94. The smallest absolute Gasteiger partial charge is 0.212 e. The number of hydrogen-bond donors (Lipinski definition) is 0. The van der Waals surface area contributed by atoms with Crippen LogP contribution in [-0.2, 0) is 4.74 Å². The molecular weight excluding hydrogens is 264 g/mol. The van der Waals surface area contributed by atoms with Gasteiger partial charge in [-0.05, 0) is 38.0 Å². The second-order valence-electron chi connectivity index (χ2n) is 4.93. The van der Waals surface area contributed by atoms with Crippen molar-refractivity contribution in [3.8, 4) is 5.69 Å². The van der Waals surface area contributed by atoms with Crippen LogP contribution in [0.25, 0.3) is 5.69 Å². The summed E-state index contributed by atoms with van der Waals surface area (Å²) in [5.41, 5.74) is 0.684. The van der Waals surface area contributed by atoms with Crippen LogP contribution in [0.15, 0.2) is 42.6 Å². The molecule has 112 valence electrons. The topological polar surface area (TPSA) is 44.1 Å². The molecule has 2 rings (SSSR count). The maximum absolute atomic E-state index is 13.0. The zero-order chi connectivity index (χ0) is 15.3. The monoisotopic (exact) mass is 286 g/mol. The van der Waals surface area contributed by atoms with Crippen molar-refractivity contribution in [2.45, 2.75) is 39.2 Å². The van der Waals surface area contributed by atoms with Crippen LogP contribution in [0.1, 0.15) is 44.1 Å². The Balaban J connectivity index is 2.43. The number of carbonyl (C=O) groups excluding carboxylic acids is 1. The Kier molecular flexibility index (Phi) is 4.91. The first-order chi connectivity index (χ1) is 10.2. The number of nitrogens with zero attached hydrogens (tertiary/aromatic N) is 2. The van der Waals surface area contributed by atoms with Crippen molar-refractivity contribution in [3.05, 3.63) is 48.3 Å². The van der Waals surface area contributed by atoms with Crippen molar-refractivity contribution in [2.75, 3.05) is 6.61 Å². The van der Waals surface area contributed by atoms with Crippen LogP contribution >= 0.6 is 0 Å². The molecule has 0 aliphatic carbocycles. The van der Waals surface area contributed by atoms with Gasteiger partial charge in [-0.25, -0.2) is 4.68 Å². The third-order valence-corrected chi connectivity index (χ3v) is 3.85. The van der Waals surface area contributed by atoms with E-state index in [4.69, 9.17) is 4.74 Å². The first-order valence-corrected chi connectivity index (χ1v) is 7.46. The molecule has 0 bridgehead atoms. The van der Waals surface area contributed by atoms with Crippen molar-refractivity contribution in [2.24, 2.45) is 0 Å². The third-order valence-electron chi connectivity index (χ3n) is 3.85. The van der Waals surface area contributed by atoms with Gasteiger partial charge in [-0.2, -0.15) is 5.10 Å². The second kappa shape index (κ2) is 6.68. The van der Waals surface area contributed by atoms with Gasteiger partial charge in [0.1, 0.15) is 11.3 Å². The first-order valence-electron chi connectivity index (χ1n) is 7.46. The minimum Gasteiger partial charge on any atom is -0.367 e. The minimum atomic E-state index is -0.763. The fraction of sp³-hybridized carbons (Fsp3) is 0.412. The van der Waals surface area contributed by atoms with E-state index < -0.39 is 5.60 Å². The summed E-state index contributed by atoms with van der Waals surface area (Å²) in [6, 6.07) is 11.4. The molecule has 0 fully saturated rings. The van der Waals surface area contributed by atoms with Crippen LogP contribution in [0, 0.1) is 0 Å². The average molecular weight is 286 g/mol. The molecule has 0 saturated carbocycles. The van der Waals surface area contributed by atoms with Crippen LogP contribution in [0.3, 0.4) is 0 Å². The SMILES string of the molecule is CCOC(CC)(CC)C(=O)c1ccnn1-c1ccccc1. The molecule has 1 heterocycles. The standard InChI is InChI=1S/C17H22N2O2/c1-4-17(5-2,21-6-3)16(20)15-12-13-18-19(15)14-10-8-7-9-11-14/h7-13H,4-6H2,1-3H3. The molecule has 21 heavy (non-hydrogen) atoms. The van der Waals surface area contributed by atoms with Crippen LogP contribution in [-0.4, -0.2) is 27.8 Å². The lowest BCUT2D eigenvalue weighted by Gasteiger charge is -2.30. The number of rotatable bonds is 7. The van der Waals surface area contributed by atoms with Crippen LogP contribution in [0.5, 0.6) is 0 Å². The lowest BCUT2D eigenvalue weighted by atomic mass is 9.89. The van der Waals surface area contributed by atoms with Crippen molar-refractivity contribution >= 4 is 5.78 Å². The molecule has 1 aromatic carbocycles. The first kappa shape index (κ1) is 15.4. The number of carbonyl (C=O) groups is 1. The Morgan fingerprint density at radius 2 is 1.81 bits per heavy atom. The number of aromatic nitrogens is 2. The van der Waals surface area contributed by atoms with E-state index in [-0.39, 0.29) is 5.78 Å². The van der Waals surface area contributed by atoms with Gasteiger partial charge in [0.15, 0.2) is 0 Å². The van der Waals surface area contributed by atoms with Crippen molar-refractivity contribution in [1.29, 1.82) is 0 Å². The van der Waals surface area contributed by atoms with E-state index in [0.717, 1.165) is 5.69 Å². The molecule has 1 aromatic heterocycles. The molecule has 4 nitrogen and oxygen atoms in total. The van der Waals surface area contributed by atoms with Gasteiger partial charge in [0.2, 0.25) is 5.78 Å². The number of ketones is 1. The molecule has 2 aromatic rings. The molecule has 0 unspecified atom stereocenters. The molecular formula is C17H22N2O2. The van der Waals surface area contributed by atoms with Gasteiger partial charge >= 0.3 is 0 Å². The molecule has 0 saturated heterocycles. The molecule has 0 spiro atoms. The fourth-order valence-corrected chi connectivity index (χ4v) is 2.60. The summed E-state index contributed by atoms with van der Waals surface area (Å²) < 4.78 is 7.50. The number of ether oxygens (including phenoxy) is 1. The summed E-state index contributed by atoms with van der Waals surface area (Å²) in [5.74, 6) is -0.00398. The van der Waals surface area contributed by atoms with Crippen LogP contribution in [0.4, 0.5) is 0 Å². The van der Waals surface area contributed by atoms with E-state index in [2.05, 4.69) is 5.10 Å². The average Bonchev–Trinajstić information content (AvgIpc) is 3.02. The van der Waals surface area contributed by atoms with E-state index in [1.807, 2.05) is 51.1 Å². The van der Waals surface area contributed by atoms with Gasteiger partial charge in [0, 0.05) is 6.61 Å². The van der Waals surface area contributed by atoms with Crippen LogP contribution in [0.2, 0.25) is 0 Å². The van der Waals surface area contributed by atoms with Gasteiger partial charge < -0.3 is 4.74 Å². The lowest BCUT2D eigenvalue weighted by molar-refractivity contribution is -0.0255. The Morgan fingerprint density at radius 3 is 2.38 bits per heavy atom. The largest absolute Gasteiger partial charge is 0.367 e. The van der Waals surface area contributed by atoms with Crippen molar-refractivity contribution in [3.63, 3.8) is 0 Å². The Labute approximate surface area is 125 Å². The van der Waals surface area contributed by atoms with Crippen LogP contribution < -0.4 is 0 Å². The quantitative estimate of drug-likeness (QED) is 0.730. The maximum atomic E-state index is 13.0. The zero-order valence-electron chi connectivity index (χ0n) is 12.9. The highest BCUT2D eigenvalue weighted by Crippen LogP contribution is 2.26. The molecule has 0 atom stereocenters. The van der Waals surface area contributed by atoms with E-state index in [9.17, 15) is 4.79 Å². The van der Waals surface area contributed by atoms with Gasteiger partial charge in [-0.1, -0.05) is 32.0 Å². The van der Waals surface area contributed by atoms with Crippen molar-refractivity contribution in [1.82, 2.24) is 9.78 Å². The highest BCUT2D eigenvalue weighted by molar-refractivity contribution is 6.01. The van der Waals surface area contributed by atoms with E-state index in [1.54, 1.807) is 16.9 Å². The molecule has 0 aliphatic rings. The number of para-hydroxylation sites is 1. The summed E-state index contributed by atoms with van der Waals surface area (Å²) in [6.45, 7) is 6.41. The number of hydrogen-bond acceptors (Lipinski definition) is 3. The third kappa shape index (κ3) is 2.90. The predicted octanol–water partition coefficient (Wildman–Crippen LogP) is 3.65. The van der Waals surface area contributed by atoms with E-state index in [1.165, 1.54) is 0 Å². The molecule has 4 heteroatoms. The second-order valence-corrected chi connectivity index (χ2v) is 4.93. The maximum Gasteiger partial charge on any atom is 0.212 e. The van der Waals surface area contributed by atoms with Crippen molar-refractivity contribution < 1.29 is 9.53 Å². The molecule has 0 N–H and O–H groups in total. The zero-order valence-corrected chi connectivity index (χ0v) is 12.9. The number of benzene rings is 1. The molecule has 0 amide bonds. The van der Waals surface area contributed by atoms with Gasteiger partial charge in [-0.15, -0.1) is 0 Å². The van der Waals surface area contributed by atoms with E-state index >= 15 is 0 Å². The summed E-state index contributed by atoms with van der Waals surface area (Å²) in [7, 11) is 0. The molecule has 0 aliphatic heterocycles. The lowest BCUT2D eigenvalue weighted by Crippen LogP contribution is -2.41. The van der Waals surface area contributed by atoms with E-state index in [0.29, 0.717) is 25.1 Å². The normalized spacial score (nSPS) is 11.6. The molecule has 0 radical (unpaired) electrons. The highest BCUT2D eigenvalue weighted by Gasteiger charge is 2.38. The minimum absolute atomic E-state index is 0.00398.